The topological polar surface area (TPSA) is 63.6 Å². The molecule has 28 heavy (non-hydrogen) atoms. The first-order chi connectivity index (χ1) is 13.5. The summed E-state index contributed by atoms with van der Waals surface area (Å²) in [7, 11) is 0. The van der Waals surface area contributed by atoms with Gasteiger partial charge < -0.3 is 9.84 Å². The molecule has 1 spiro atoms. The number of aliphatic hydroxyl groups is 1. The maximum absolute atomic E-state index is 12.2. The maximum atomic E-state index is 12.2. The van der Waals surface area contributed by atoms with Crippen LogP contribution in [0.15, 0.2) is 11.6 Å². The van der Waals surface area contributed by atoms with Crippen molar-refractivity contribution in [3.05, 3.63) is 11.6 Å². The molecule has 6 unspecified atom stereocenters. The van der Waals surface area contributed by atoms with Crippen molar-refractivity contribution in [3.63, 3.8) is 0 Å². The maximum Gasteiger partial charge on any atom is 0.306 e. The van der Waals surface area contributed by atoms with E-state index in [1.807, 2.05) is 6.08 Å². The fourth-order valence-electron chi connectivity index (χ4n) is 9.31. The fraction of sp³-hybridized carbons (Fsp3) is 0.833. The first-order valence-electron chi connectivity index (χ1n) is 11.6. The Morgan fingerprint density at radius 1 is 1.11 bits per heavy atom. The molecule has 0 radical (unpaired) electrons. The van der Waals surface area contributed by atoms with E-state index < -0.39 is 0 Å². The standard InChI is InChI=1S/C24H32O4/c1-2-23-7-5-16-15-4-3-14(26)10-17(15)13(12-25)9-18(16)22(23)19-11-20(19)24(23)8-6-21(27)28-24/h10,13,15-16,18-20,22,25H,2-9,11-12H2,1H3/t13-,15?,16?,18?,19-,20+,22?,23?,24?/m0/s1. The van der Waals surface area contributed by atoms with Crippen LogP contribution in [-0.2, 0) is 14.3 Å². The summed E-state index contributed by atoms with van der Waals surface area (Å²) in [5, 5.41) is 10.2. The van der Waals surface area contributed by atoms with Gasteiger partial charge in [0.25, 0.3) is 0 Å². The lowest BCUT2D eigenvalue weighted by Gasteiger charge is -2.59. The molecule has 1 aliphatic heterocycles. The van der Waals surface area contributed by atoms with E-state index in [1.54, 1.807) is 0 Å². The normalized spacial score (nSPS) is 53.8. The van der Waals surface area contributed by atoms with Crippen LogP contribution in [0.25, 0.3) is 0 Å². The quantitative estimate of drug-likeness (QED) is 0.738. The summed E-state index contributed by atoms with van der Waals surface area (Å²) in [4.78, 5) is 24.3. The SMILES string of the molecule is CCC12CCC3C4CCC(=O)C=C4[C@H](CO)CC3C1[C@H]1C[C@H]1C21CCC(=O)O1. The summed E-state index contributed by atoms with van der Waals surface area (Å²) >= 11 is 0. The van der Waals surface area contributed by atoms with E-state index in [2.05, 4.69) is 6.92 Å². The van der Waals surface area contributed by atoms with Crippen molar-refractivity contribution >= 4 is 11.8 Å². The summed E-state index contributed by atoms with van der Waals surface area (Å²) in [5.41, 5.74) is 1.22. The molecule has 1 saturated heterocycles. The van der Waals surface area contributed by atoms with Crippen LogP contribution in [-0.4, -0.2) is 29.1 Å². The molecular formula is C24H32O4. The Balaban J connectivity index is 1.41. The minimum absolute atomic E-state index is 0.0224. The molecule has 1 heterocycles. The fourth-order valence-corrected chi connectivity index (χ4v) is 9.31. The molecule has 4 saturated carbocycles. The summed E-state index contributed by atoms with van der Waals surface area (Å²) in [6.45, 7) is 2.49. The van der Waals surface area contributed by atoms with Crippen LogP contribution in [0.2, 0.25) is 0 Å². The minimum atomic E-state index is -0.188. The number of rotatable bonds is 2. The van der Waals surface area contributed by atoms with E-state index in [1.165, 1.54) is 24.8 Å². The number of ether oxygens (including phenoxy) is 1. The number of hydrogen-bond acceptors (Lipinski definition) is 4. The number of fused-ring (bicyclic) bond motifs is 9. The van der Waals surface area contributed by atoms with Crippen molar-refractivity contribution in [1.29, 1.82) is 0 Å². The smallest absolute Gasteiger partial charge is 0.306 e. The van der Waals surface area contributed by atoms with Gasteiger partial charge in [-0.1, -0.05) is 12.5 Å². The third kappa shape index (κ3) is 1.96. The zero-order valence-corrected chi connectivity index (χ0v) is 16.9. The van der Waals surface area contributed by atoms with Crippen LogP contribution in [0.5, 0.6) is 0 Å². The van der Waals surface area contributed by atoms with Crippen molar-refractivity contribution in [1.82, 2.24) is 0 Å². The average Bonchev–Trinajstić information content (AvgIpc) is 3.34. The number of carbonyl (C=O) groups excluding carboxylic acids is 2. The second-order valence-electron chi connectivity index (χ2n) is 10.6. The van der Waals surface area contributed by atoms with Crippen LogP contribution in [0.3, 0.4) is 0 Å². The van der Waals surface area contributed by atoms with Gasteiger partial charge >= 0.3 is 5.97 Å². The Bertz CT molecular complexity index is 771. The van der Waals surface area contributed by atoms with E-state index in [0.29, 0.717) is 48.3 Å². The predicted molar refractivity (Wildman–Crippen MR) is 103 cm³/mol. The van der Waals surface area contributed by atoms with Gasteiger partial charge in [0.2, 0.25) is 0 Å². The molecule has 4 heteroatoms. The average molecular weight is 385 g/mol. The Hall–Kier alpha value is -1.16. The molecule has 0 aromatic heterocycles. The second kappa shape index (κ2) is 5.71. The number of aliphatic hydroxyl groups excluding tert-OH is 1. The van der Waals surface area contributed by atoms with Gasteiger partial charge in [-0.25, -0.2) is 0 Å². The lowest BCUT2D eigenvalue weighted by Crippen LogP contribution is -2.57. The molecule has 152 valence electrons. The molecule has 6 rings (SSSR count). The van der Waals surface area contributed by atoms with E-state index in [4.69, 9.17) is 4.74 Å². The van der Waals surface area contributed by atoms with Crippen molar-refractivity contribution in [2.45, 2.75) is 70.3 Å². The van der Waals surface area contributed by atoms with Crippen LogP contribution >= 0.6 is 0 Å². The van der Waals surface area contributed by atoms with Gasteiger partial charge in [-0.3, -0.25) is 9.59 Å². The largest absolute Gasteiger partial charge is 0.458 e. The molecule has 6 aliphatic rings. The van der Waals surface area contributed by atoms with Gasteiger partial charge in [-0.15, -0.1) is 0 Å². The summed E-state index contributed by atoms with van der Waals surface area (Å²) < 4.78 is 6.24. The van der Waals surface area contributed by atoms with Gasteiger partial charge in [-0.05, 0) is 80.6 Å². The number of ketones is 1. The zero-order chi connectivity index (χ0) is 19.3. The molecule has 5 fully saturated rings. The van der Waals surface area contributed by atoms with Gasteiger partial charge in [0, 0.05) is 36.7 Å². The minimum Gasteiger partial charge on any atom is -0.458 e. The second-order valence-corrected chi connectivity index (χ2v) is 10.6. The number of esters is 1. The van der Waals surface area contributed by atoms with Crippen LogP contribution in [0.4, 0.5) is 0 Å². The van der Waals surface area contributed by atoms with E-state index >= 15 is 0 Å². The molecule has 0 bridgehead atoms. The molecular weight excluding hydrogens is 352 g/mol. The molecule has 9 atom stereocenters. The van der Waals surface area contributed by atoms with Crippen LogP contribution in [0, 0.1) is 46.8 Å². The third-order valence-electron chi connectivity index (χ3n) is 10.2. The highest BCUT2D eigenvalue weighted by Gasteiger charge is 2.79. The van der Waals surface area contributed by atoms with Gasteiger partial charge in [0.1, 0.15) is 5.60 Å². The Morgan fingerprint density at radius 2 is 1.96 bits per heavy atom. The van der Waals surface area contributed by atoms with E-state index in [-0.39, 0.29) is 35.3 Å². The highest BCUT2D eigenvalue weighted by Crippen LogP contribution is 2.79. The van der Waals surface area contributed by atoms with Gasteiger partial charge in [0.15, 0.2) is 5.78 Å². The van der Waals surface area contributed by atoms with Crippen LogP contribution in [0.1, 0.15) is 64.7 Å². The van der Waals surface area contributed by atoms with Crippen LogP contribution < -0.4 is 0 Å². The first kappa shape index (κ1) is 17.7. The zero-order valence-electron chi connectivity index (χ0n) is 16.9. The molecule has 0 aromatic rings. The van der Waals surface area contributed by atoms with Crippen molar-refractivity contribution in [2.24, 2.45) is 46.8 Å². The monoisotopic (exact) mass is 384 g/mol. The molecule has 0 aromatic carbocycles. The summed E-state index contributed by atoms with van der Waals surface area (Å²) in [5.74, 6) is 4.13. The van der Waals surface area contributed by atoms with Crippen molar-refractivity contribution in [2.75, 3.05) is 6.61 Å². The highest BCUT2D eigenvalue weighted by molar-refractivity contribution is 5.91. The summed E-state index contributed by atoms with van der Waals surface area (Å²) in [6.07, 6.45) is 10.8. The number of carbonyl (C=O) groups is 2. The summed E-state index contributed by atoms with van der Waals surface area (Å²) in [6, 6.07) is 0. The Kier molecular flexibility index (Phi) is 3.61. The first-order valence-corrected chi connectivity index (χ1v) is 11.6. The van der Waals surface area contributed by atoms with Crippen molar-refractivity contribution < 1.29 is 19.4 Å². The Morgan fingerprint density at radius 3 is 2.68 bits per heavy atom. The molecule has 4 nitrogen and oxygen atoms in total. The lowest BCUT2D eigenvalue weighted by atomic mass is 9.46. The predicted octanol–water partition coefficient (Wildman–Crippen LogP) is 3.67. The van der Waals surface area contributed by atoms with E-state index in [0.717, 1.165) is 25.7 Å². The molecule has 5 aliphatic carbocycles. The number of hydrogen-bond donors (Lipinski definition) is 1. The van der Waals surface area contributed by atoms with Crippen molar-refractivity contribution in [3.8, 4) is 0 Å². The van der Waals surface area contributed by atoms with Gasteiger partial charge in [0.05, 0.1) is 0 Å². The highest BCUT2D eigenvalue weighted by atomic mass is 16.6. The third-order valence-corrected chi connectivity index (χ3v) is 10.2. The molecule has 0 amide bonds. The molecule has 1 N–H and O–H groups in total. The Labute approximate surface area is 167 Å². The van der Waals surface area contributed by atoms with E-state index in [9.17, 15) is 14.7 Å². The lowest BCUT2D eigenvalue weighted by molar-refractivity contribution is -0.180. The van der Waals surface area contributed by atoms with Gasteiger partial charge in [-0.2, -0.15) is 0 Å².